The third kappa shape index (κ3) is 7.58. The van der Waals surface area contributed by atoms with Gasteiger partial charge in [0.1, 0.15) is 0 Å². The highest BCUT2D eigenvalue weighted by atomic mass is 32.2. The van der Waals surface area contributed by atoms with E-state index < -0.39 is 24.0 Å². The van der Waals surface area contributed by atoms with Crippen LogP contribution < -0.4 is 10.6 Å². The molecule has 2 unspecified atom stereocenters. The lowest BCUT2D eigenvalue weighted by Crippen LogP contribution is -2.49. The number of carbonyl (C=O) groups excluding carboxylic acids is 2. The highest BCUT2D eigenvalue weighted by Crippen LogP contribution is 2.03. The summed E-state index contributed by atoms with van der Waals surface area (Å²) in [5.41, 5.74) is 0.746. The summed E-state index contributed by atoms with van der Waals surface area (Å²) in [5.74, 6) is -0.755. The van der Waals surface area contributed by atoms with Gasteiger partial charge in [-0.15, -0.1) is 11.8 Å². The van der Waals surface area contributed by atoms with E-state index in [2.05, 4.69) is 15.6 Å². The average Bonchev–Trinajstić information content (AvgIpc) is 2.62. The Morgan fingerprint density at radius 3 is 2.62 bits per heavy atom. The Bertz CT molecular complexity index is 539. The van der Waals surface area contributed by atoms with Crippen molar-refractivity contribution in [3.05, 3.63) is 41.6 Å². The Hall–Kier alpha value is -1.90. The fraction of sp³-hybridized carbons (Fsp3) is 0.438. The maximum absolute atomic E-state index is 11.8. The van der Waals surface area contributed by atoms with E-state index in [9.17, 15) is 19.8 Å². The summed E-state index contributed by atoms with van der Waals surface area (Å²) >= 11 is 1.62. The first kappa shape index (κ1) is 20.1. The van der Waals surface area contributed by atoms with E-state index in [0.717, 1.165) is 17.7 Å². The minimum absolute atomic E-state index is 0.153. The molecule has 0 aliphatic rings. The Kier molecular flexibility index (Phi) is 9.74. The summed E-state index contributed by atoms with van der Waals surface area (Å²) in [4.78, 5) is 27.4. The van der Waals surface area contributed by atoms with E-state index in [0.29, 0.717) is 6.54 Å². The Morgan fingerprint density at radius 1 is 1.29 bits per heavy atom. The first-order valence-corrected chi connectivity index (χ1v) is 8.64. The van der Waals surface area contributed by atoms with Crippen LogP contribution in [-0.2, 0) is 16.1 Å². The van der Waals surface area contributed by atoms with Crippen LogP contribution in [0.2, 0.25) is 0 Å². The third-order valence-corrected chi connectivity index (χ3v) is 3.99. The smallest absolute Gasteiger partial charge is 0.252 e. The minimum atomic E-state index is -1.82. The zero-order valence-corrected chi connectivity index (χ0v) is 14.3. The van der Waals surface area contributed by atoms with Gasteiger partial charge in [-0.1, -0.05) is 12.1 Å². The molecule has 1 aromatic rings. The van der Waals surface area contributed by atoms with Gasteiger partial charge in [0.05, 0.1) is 0 Å². The number of thioether (sulfide) groups is 1. The summed E-state index contributed by atoms with van der Waals surface area (Å²) in [6.45, 7) is 2.44. The van der Waals surface area contributed by atoms with Crippen LogP contribution >= 0.6 is 11.8 Å². The van der Waals surface area contributed by atoms with Gasteiger partial charge in [-0.3, -0.25) is 14.6 Å². The summed E-state index contributed by atoms with van der Waals surface area (Å²) < 4.78 is 0. The number of nitrogens with one attached hydrogen (secondary N) is 2. The second-order valence-corrected chi connectivity index (χ2v) is 5.97. The van der Waals surface area contributed by atoms with Gasteiger partial charge in [0, 0.05) is 25.5 Å². The second-order valence-electron chi connectivity index (χ2n) is 4.95. The van der Waals surface area contributed by atoms with Crippen molar-refractivity contribution < 1.29 is 19.8 Å². The highest BCUT2D eigenvalue weighted by molar-refractivity contribution is 8.02. The Balaban J connectivity index is 2.29. The number of carbonyl (C=O) groups is 2. The summed E-state index contributed by atoms with van der Waals surface area (Å²) in [6, 6.07) is 3.48. The van der Waals surface area contributed by atoms with E-state index in [4.69, 9.17) is 0 Å². The number of nitrogens with zero attached hydrogens (tertiary/aromatic N) is 1. The van der Waals surface area contributed by atoms with Gasteiger partial charge in [0.15, 0.2) is 12.2 Å². The van der Waals surface area contributed by atoms with Crippen molar-refractivity contribution in [1.82, 2.24) is 15.6 Å². The Morgan fingerprint density at radius 2 is 2.00 bits per heavy atom. The van der Waals surface area contributed by atoms with Gasteiger partial charge in [-0.05, 0) is 36.1 Å². The SMILES string of the molecule is C/C=C\SCCCNC(=O)C(O)C(O)C(=O)NCc1cccnc1. The zero-order valence-electron chi connectivity index (χ0n) is 13.5. The molecular formula is C16H23N3O4S. The van der Waals surface area contributed by atoms with Crippen LogP contribution in [0.5, 0.6) is 0 Å². The highest BCUT2D eigenvalue weighted by Gasteiger charge is 2.29. The van der Waals surface area contributed by atoms with Gasteiger partial charge in [-0.25, -0.2) is 0 Å². The standard InChI is InChI=1S/C16H23N3O4S/c1-2-8-24-9-4-7-18-15(22)13(20)14(21)16(23)19-11-12-5-3-6-17-10-12/h2-3,5-6,8,10,13-14,20-21H,4,7,9,11H2,1H3,(H,18,22)(H,19,23)/b8-2-. The van der Waals surface area contributed by atoms with Crippen molar-refractivity contribution in [3.8, 4) is 0 Å². The van der Waals surface area contributed by atoms with Crippen molar-refractivity contribution >= 4 is 23.6 Å². The van der Waals surface area contributed by atoms with Crippen LogP contribution in [0.25, 0.3) is 0 Å². The lowest BCUT2D eigenvalue weighted by atomic mass is 10.1. The molecule has 132 valence electrons. The largest absolute Gasteiger partial charge is 0.380 e. The first-order chi connectivity index (χ1) is 11.6. The van der Waals surface area contributed by atoms with E-state index in [1.54, 1.807) is 36.3 Å². The molecule has 0 aliphatic heterocycles. The molecule has 7 nitrogen and oxygen atoms in total. The summed E-state index contributed by atoms with van der Waals surface area (Å²) in [6.07, 6.45) is 2.19. The third-order valence-electron chi connectivity index (χ3n) is 3.00. The molecule has 0 radical (unpaired) electrons. The predicted molar refractivity (Wildman–Crippen MR) is 93.0 cm³/mol. The lowest BCUT2D eigenvalue weighted by molar-refractivity contribution is -0.146. The van der Waals surface area contributed by atoms with Crippen molar-refractivity contribution in [2.75, 3.05) is 12.3 Å². The molecular weight excluding hydrogens is 330 g/mol. The fourth-order valence-corrected chi connectivity index (χ4v) is 2.36. The molecule has 8 heteroatoms. The van der Waals surface area contributed by atoms with Crippen molar-refractivity contribution in [1.29, 1.82) is 0 Å². The lowest BCUT2D eigenvalue weighted by Gasteiger charge is -2.17. The summed E-state index contributed by atoms with van der Waals surface area (Å²) in [5, 5.41) is 26.4. The van der Waals surface area contributed by atoms with Gasteiger partial charge in [0.2, 0.25) is 0 Å². The van der Waals surface area contributed by atoms with Crippen LogP contribution in [0, 0.1) is 0 Å². The molecule has 1 heterocycles. The molecule has 24 heavy (non-hydrogen) atoms. The van der Waals surface area contributed by atoms with Crippen LogP contribution in [-0.4, -0.2) is 51.5 Å². The van der Waals surface area contributed by atoms with E-state index >= 15 is 0 Å². The monoisotopic (exact) mass is 353 g/mol. The number of aromatic nitrogens is 1. The van der Waals surface area contributed by atoms with Gasteiger partial charge >= 0.3 is 0 Å². The van der Waals surface area contributed by atoms with Crippen LogP contribution in [0.4, 0.5) is 0 Å². The maximum Gasteiger partial charge on any atom is 0.252 e. The summed E-state index contributed by atoms with van der Waals surface area (Å²) in [7, 11) is 0. The number of amides is 2. The van der Waals surface area contributed by atoms with E-state index in [-0.39, 0.29) is 6.54 Å². The molecule has 1 rings (SSSR count). The molecule has 0 saturated carbocycles. The molecule has 0 aromatic carbocycles. The Labute approximate surface area is 145 Å². The average molecular weight is 353 g/mol. The number of hydrogen-bond donors (Lipinski definition) is 4. The quantitative estimate of drug-likeness (QED) is 0.447. The number of rotatable bonds is 10. The van der Waals surface area contributed by atoms with Gasteiger partial charge < -0.3 is 20.8 Å². The van der Waals surface area contributed by atoms with Crippen molar-refractivity contribution in [3.63, 3.8) is 0 Å². The number of allylic oxidation sites excluding steroid dienone is 1. The molecule has 2 atom stereocenters. The first-order valence-electron chi connectivity index (χ1n) is 7.59. The molecule has 0 fully saturated rings. The van der Waals surface area contributed by atoms with Gasteiger partial charge in [-0.2, -0.15) is 0 Å². The van der Waals surface area contributed by atoms with Crippen molar-refractivity contribution in [2.24, 2.45) is 0 Å². The maximum atomic E-state index is 11.8. The number of aliphatic hydroxyl groups excluding tert-OH is 2. The second kappa shape index (κ2) is 11.6. The van der Waals surface area contributed by atoms with Crippen LogP contribution in [0.1, 0.15) is 18.9 Å². The van der Waals surface area contributed by atoms with Crippen molar-refractivity contribution in [2.45, 2.75) is 32.1 Å². The fourth-order valence-electron chi connectivity index (χ4n) is 1.72. The number of pyridine rings is 1. The normalized spacial score (nSPS) is 13.5. The zero-order chi connectivity index (χ0) is 17.8. The minimum Gasteiger partial charge on any atom is -0.380 e. The molecule has 0 spiro atoms. The molecule has 1 aromatic heterocycles. The molecule has 0 saturated heterocycles. The molecule has 0 aliphatic carbocycles. The number of aliphatic hydroxyl groups is 2. The van der Waals surface area contributed by atoms with E-state index in [1.807, 2.05) is 18.4 Å². The van der Waals surface area contributed by atoms with Crippen LogP contribution in [0.15, 0.2) is 36.0 Å². The topological polar surface area (TPSA) is 112 Å². The van der Waals surface area contributed by atoms with Crippen LogP contribution in [0.3, 0.4) is 0 Å². The van der Waals surface area contributed by atoms with Gasteiger partial charge in [0.25, 0.3) is 11.8 Å². The predicted octanol–water partition coefficient (Wildman–Crippen LogP) is 0.193. The van der Waals surface area contributed by atoms with E-state index in [1.165, 1.54) is 0 Å². The molecule has 4 N–H and O–H groups in total. The number of hydrogen-bond acceptors (Lipinski definition) is 6. The molecule has 2 amide bonds. The molecule has 0 bridgehead atoms.